The second kappa shape index (κ2) is 5.23. The molecule has 0 aliphatic rings. The SMILES string of the molecule is O=COc1ccc(F)c(-c2cccc(C=O)c2)c1. The monoisotopic (exact) mass is 244 g/mol. The van der Waals surface area contributed by atoms with E-state index in [-0.39, 0.29) is 17.8 Å². The number of benzene rings is 2. The molecule has 3 nitrogen and oxygen atoms in total. The van der Waals surface area contributed by atoms with E-state index in [4.69, 9.17) is 0 Å². The van der Waals surface area contributed by atoms with E-state index in [0.29, 0.717) is 17.4 Å². The number of rotatable bonds is 4. The highest BCUT2D eigenvalue weighted by Gasteiger charge is 2.07. The number of aldehydes is 1. The highest BCUT2D eigenvalue weighted by atomic mass is 19.1. The summed E-state index contributed by atoms with van der Waals surface area (Å²) in [6.07, 6.45) is 0.688. The molecule has 90 valence electrons. The van der Waals surface area contributed by atoms with Crippen molar-refractivity contribution in [1.29, 1.82) is 0 Å². The van der Waals surface area contributed by atoms with Gasteiger partial charge in [0.05, 0.1) is 0 Å². The van der Waals surface area contributed by atoms with Gasteiger partial charge in [-0.2, -0.15) is 0 Å². The topological polar surface area (TPSA) is 43.4 Å². The maximum absolute atomic E-state index is 13.7. The van der Waals surface area contributed by atoms with Crippen LogP contribution in [-0.2, 0) is 4.79 Å². The van der Waals surface area contributed by atoms with Crippen LogP contribution in [0.3, 0.4) is 0 Å². The fraction of sp³-hybridized carbons (Fsp3) is 0. The van der Waals surface area contributed by atoms with Crippen molar-refractivity contribution >= 4 is 12.8 Å². The van der Waals surface area contributed by atoms with Crippen molar-refractivity contribution < 1.29 is 18.7 Å². The minimum atomic E-state index is -0.448. The summed E-state index contributed by atoms with van der Waals surface area (Å²) in [6, 6.07) is 10.5. The highest BCUT2D eigenvalue weighted by molar-refractivity contribution is 5.79. The van der Waals surface area contributed by atoms with Crippen LogP contribution in [0.1, 0.15) is 10.4 Å². The van der Waals surface area contributed by atoms with E-state index in [2.05, 4.69) is 4.74 Å². The van der Waals surface area contributed by atoms with Gasteiger partial charge in [-0.15, -0.1) is 0 Å². The summed E-state index contributed by atoms with van der Waals surface area (Å²) in [6.45, 7) is 0.277. The van der Waals surface area contributed by atoms with Crippen molar-refractivity contribution in [2.75, 3.05) is 0 Å². The Labute approximate surface area is 103 Å². The number of carbonyl (C=O) groups is 2. The predicted molar refractivity (Wildman–Crippen MR) is 63.9 cm³/mol. The van der Waals surface area contributed by atoms with Gasteiger partial charge in [0.25, 0.3) is 6.47 Å². The molecule has 0 aliphatic carbocycles. The Morgan fingerprint density at radius 3 is 2.61 bits per heavy atom. The van der Waals surface area contributed by atoms with E-state index in [1.807, 2.05) is 0 Å². The zero-order valence-electron chi connectivity index (χ0n) is 9.30. The fourth-order valence-corrected chi connectivity index (χ4v) is 1.63. The first-order valence-electron chi connectivity index (χ1n) is 5.20. The number of ether oxygens (including phenoxy) is 1. The van der Waals surface area contributed by atoms with Crippen LogP contribution in [-0.4, -0.2) is 12.8 Å². The van der Waals surface area contributed by atoms with E-state index >= 15 is 0 Å². The maximum Gasteiger partial charge on any atom is 0.298 e. The Morgan fingerprint density at radius 1 is 1.06 bits per heavy atom. The van der Waals surface area contributed by atoms with Crippen molar-refractivity contribution in [2.24, 2.45) is 0 Å². The highest BCUT2D eigenvalue weighted by Crippen LogP contribution is 2.27. The van der Waals surface area contributed by atoms with Crippen molar-refractivity contribution in [2.45, 2.75) is 0 Å². The molecular weight excluding hydrogens is 235 g/mol. The standard InChI is InChI=1S/C14H9FO3/c15-14-5-4-12(18-9-17)7-13(14)11-3-1-2-10(6-11)8-16/h1-9H. The lowest BCUT2D eigenvalue weighted by Gasteiger charge is -2.06. The normalized spacial score (nSPS) is 9.83. The molecule has 4 heteroatoms. The minimum Gasteiger partial charge on any atom is -0.429 e. The lowest BCUT2D eigenvalue weighted by Crippen LogP contribution is -1.91. The first-order valence-corrected chi connectivity index (χ1v) is 5.20. The number of hydrogen-bond donors (Lipinski definition) is 0. The number of carbonyl (C=O) groups excluding carboxylic acids is 2. The molecule has 0 aromatic heterocycles. The molecule has 0 aliphatic heterocycles. The molecule has 0 amide bonds. The van der Waals surface area contributed by atoms with Gasteiger partial charge < -0.3 is 4.74 Å². The predicted octanol–water partition coefficient (Wildman–Crippen LogP) is 2.84. The van der Waals surface area contributed by atoms with Crippen molar-refractivity contribution in [1.82, 2.24) is 0 Å². The first-order chi connectivity index (χ1) is 8.74. The Hall–Kier alpha value is -2.49. The molecule has 2 aromatic rings. The van der Waals surface area contributed by atoms with Crippen molar-refractivity contribution in [3.05, 3.63) is 53.8 Å². The summed E-state index contributed by atoms with van der Waals surface area (Å²) >= 11 is 0. The lowest BCUT2D eigenvalue weighted by molar-refractivity contribution is -0.120. The van der Waals surface area contributed by atoms with E-state index in [1.54, 1.807) is 24.3 Å². The molecule has 0 atom stereocenters. The summed E-state index contributed by atoms with van der Waals surface area (Å²) < 4.78 is 18.4. The average Bonchev–Trinajstić information content (AvgIpc) is 2.41. The molecule has 0 fully saturated rings. The molecule has 0 unspecified atom stereocenters. The molecule has 18 heavy (non-hydrogen) atoms. The zero-order chi connectivity index (χ0) is 13.0. The van der Waals surface area contributed by atoms with E-state index in [9.17, 15) is 14.0 Å². The van der Waals surface area contributed by atoms with Crippen molar-refractivity contribution in [3.63, 3.8) is 0 Å². The van der Waals surface area contributed by atoms with Crippen LogP contribution in [0.15, 0.2) is 42.5 Å². The quantitative estimate of drug-likeness (QED) is 0.777. The largest absolute Gasteiger partial charge is 0.429 e. The molecule has 2 aromatic carbocycles. The van der Waals surface area contributed by atoms with Crippen LogP contribution < -0.4 is 4.74 Å². The van der Waals surface area contributed by atoms with Crippen LogP contribution in [0, 0.1) is 5.82 Å². The van der Waals surface area contributed by atoms with Crippen LogP contribution in [0.4, 0.5) is 4.39 Å². The Bertz CT molecular complexity index is 593. The summed E-state index contributed by atoms with van der Waals surface area (Å²) in [5, 5.41) is 0. The third-order valence-corrected chi connectivity index (χ3v) is 2.46. The molecule has 0 heterocycles. The summed E-state index contributed by atoms with van der Waals surface area (Å²) in [7, 11) is 0. The van der Waals surface area contributed by atoms with Gasteiger partial charge in [-0.3, -0.25) is 9.59 Å². The van der Waals surface area contributed by atoms with Gasteiger partial charge in [0.1, 0.15) is 17.9 Å². The lowest BCUT2D eigenvalue weighted by atomic mass is 10.0. The second-order valence-electron chi connectivity index (χ2n) is 3.60. The van der Waals surface area contributed by atoms with Gasteiger partial charge in [-0.25, -0.2) is 4.39 Å². The summed E-state index contributed by atoms with van der Waals surface area (Å²) in [5.74, 6) is -0.200. The molecule has 0 saturated carbocycles. The second-order valence-corrected chi connectivity index (χ2v) is 3.60. The van der Waals surface area contributed by atoms with Gasteiger partial charge in [0.15, 0.2) is 0 Å². The van der Waals surface area contributed by atoms with Gasteiger partial charge in [0, 0.05) is 11.1 Å². The van der Waals surface area contributed by atoms with Crippen molar-refractivity contribution in [3.8, 4) is 16.9 Å². The van der Waals surface area contributed by atoms with E-state index in [1.165, 1.54) is 18.2 Å². The van der Waals surface area contributed by atoms with Crippen LogP contribution in [0.5, 0.6) is 5.75 Å². The average molecular weight is 244 g/mol. The maximum atomic E-state index is 13.7. The van der Waals surface area contributed by atoms with E-state index < -0.39 is 5.82 Å². The molecule has 0 radical (unpaired) electrons. The zero-order valence-corrected chi connectivity index (χ0v) is 9.30. The molecule has 0 saturated heterocycles. The Morgan fingerprint density at radius 2 is 1.89 bits per heavy atom. The first kappa shape index (κ1) is 12.0. The van der Waals surface area contributed by atoms with Gasteiger partial charge >= 0.3 is 0 Å². The molecular formula is C14H9FO3. The Balaban J connectivity index is 2.50. The van der Waals surface area contributed by atoms with Gasteiger partial charge in [0.2, 0.25) is 0 Å². The fourth-order valence-electron chi connectivity index (χ4n) is 1.63. The number of hydrogen-bond acceptors (Lipinski definition) is 3. The van der Waals surface area contributed by atoms with Crippen LogP contribution >= 0.6 is 0 Å². The van der Waals surface area contributed by atoms with Gasteiger partial charge in [-0.1, -0.05) is 18.2 Å². The molecule has 0 bridgehead atoms. The van der Waals surface area contributed by atoms with E-state index in [0.717, 1.165) is 0 Å². The summed E-state index contributed by atoms with van der Waals surface area (Å²) in [5.41, 5.74) is 1.28. The third-order valence-electron chi connectivity index (χ3n) is 2.46. The van der Waals surface area contributed by atoms with Crippen LogP contribution in [0.2, 0.25) is 0 Å². The number of halogens is 1. The Kier molecular flexibility index (Phi) is 3.48. The van der Waals surface area contributed by atoms with Gasteiger partial charge in [-0.05, 0) is 29.8 Å². The molecule has 2 rings (SSSR count). The van der Waals surface area contributed by atoms with Crippen LogP contribution in [0.25, 0.3) is 11.1 Å². The minimum absolute atomic E-state index is 0.248. The molecule has 0 N–H and O–H groups in total. The summed E-state index contributed by atoms with van der Waals surface area (Å²) in [4.78, 5) is 20.9. The third kappa shape index (κ3) is 2.43. The smallest absolute Gasteiger partial charge is 0.298 e. The molecule has 0 spiro atoms.